The van der Waals surface area contributed by atoms with Gasteiger partial charge in [-0.25, -0.2) is 12.7 Å². The summed E-state index contributed by atoms with van der Waals surface area (Å²) in [5.41, 5.74) is 2.21. The summed E-state index contributed by atoms with van der Waals surface area (Å²) in [6.45, 7) is 2.48. The number of rotatable bonds is 10. The summed E-state index contributed by atoms with van der Waals surface area (Å²) in [4.78, 5) is 18.6. The molecule has 0 bridgehead atoms. The van der Waals surface area contributed by atoms with Crippen LogP contribution in [0.25, 0.3) is 0 Å². The molecule has 33 heavy (non-hydrogen) atoms. The Labute approximate surface area is 205 Å². The minimum atomic E-state index is -3.76. The van der Waals surface area contributed by atoms with Gasteiger partial charge in [-0.3, -0.25) is 9.79 Å². The second-order valence-corrected chi connectivity index (χ2v) is 10.8. The SMILES string of the molecule is CN(CCc1ccc(C2=NCCN2)cc1)C(=O)CCCN(C)S(=O)(=O)c1ccc(Cl)cc1Cl. The van der Waals surface area contributed by atoms with Crippen molar-refractivity contribution in [2.24, 2.45) is 4.99 Å². The van der Waals surface area contributed by atoms with Crippen molar-refractivity contribution < 1.29 is 13.2 Å². The van der Waals surface area contributed by atoms with Gasteiger partial charge in [0.1, 0.15) is 10.7 Å². The Balaban J connectivity index is 1.44. The van der Waals surface area contributed by atoms with Crippen molar-refractivity contribution in [2.75, 3.05) is 40.3 Å². The van der Waals surface area contributed by atoms with Crippen LogP contribution in [-0.2, 0) is 21.2 Å². The summed E-state index contributed by atoms with van der Waals surface area (Å²) in [6, 6.07) is 12.5. The first-order valence-electron chi connectivity index (χ1n) is 10.7. The van der Waals surface area contributed by atoms with Crippen LogP contribution >= 0.6 is 23.2 Å². The Hall–Kier alpha value is -2.13. The number of aliphatic imine (C=N–C) groups is 1. The summed E-state index contributed by atoms with van der Waals surface area (Å²) in [5.74, 6) is 0.908. The van der Waals surface area contributed by atoms with Gasteiger partial charge in [-0.2, -0.15) is 0 Å². The molecule has 2 aromatic rings. The Kier molecular flexibility index (Phi) is 8.75. The number of hydrogen-bond acceptors (Lipinski definition) is 5. The van der Waals surface area contributed by atoms with Crippen LogP contribution in [-0.4, -0.2) is 69.6 Å². The van der Waals surface area contributed by atoms with Crippen molar-refractivity contribution >= 4 is 45.0 Å². The number of hydrogen-bond donors (Lipinski definition) is 1. The van der Waals surface area contributed by atoms with Crippen LogP contribution in [0.5, 0.6) is 0 Å². The van der Waals surface area contributed by atoms with Crippen molar-refractivity contribution in [1.82, 2.24) is 14.5 Å². The average Bonchev–Trinajstić information content (AvgIpc) is 3.32. The molecule has 0 spiro atoms. The van der Waals surface area contributed by atoms with Gasteiger partial charge in [0.2, 0.25) is 15.9 Å². The van der Waals surface area contributed by atoms with Gasteiger partial charge in [0, 0.05) is 50.7 Å². The molecule has 1 heterocycles. The fourth-order valence-electron chi connectivity index (χ4n) is 3.46. The van der Waals surface area contributed by atoms with Crippen molar-refractivity contribution in [2.45, 2.75) is 24.2 Å². The fourth-order valence-corrected chi connectivity index (χ4v) is 5.41. The monoisotopic (exact) mass is 510 g/mol. The summed E-state index contributed by atoms with van der Waals surface area (Å²) in [7, 11) is -0.513. The lowest BCUT2D eigenvalue weighted by Gasteiger charge is -2.20. The third-order valence-electron chi connectivity index (χ3n) is 5.51. The molecule has 1 amide bonds. The predicted molar refractivity (Wildman–Crippen MR) is 133 cm³/mol. The lowest BCUT2D eigenvalue weighted by Crippen LogP contribution is -2.31. The minimum Gasteiger partial charge on any atom is -0.368 e. The van der Waals surface area contributed by atoms with E-state index in [1.807, 2.05) is 12.1 Å². The van der Waals surface area contributed by atoms with Crippen LogP contribution in [0.4, 0.5) is 0 Å². The van der Waals surface area contributed by atoms with Crippen molar-refractivity contribution in [3.05, 3.63) is 63.6 Å². The molecule has 0 fully saturated rings. The second-order valence-electron chi connectivity index (χ2n) is 7.92. The molecular formula is C23H28Cl2N4O3S. The van der Waals surface area contributed by atoms with Gasteiger partial charge in [-0.15, -0.1) is 0 Å². The molecule has 0 saturated heterocycles. The maximum Gasteiger partial charge on any atom is 0.244 e. The van der Waals surface area contributed by atoms with E-state index in [1.165, 1.54) is 29.6 Å². The van der Waals surface area contributed by atoms with Crippen LogP contribution in [0.1, 0.15) is 24.0 Å². The molecule has 0 saturated carbocycles. The number of carbonyl (C=O) groups excluding carboxylic acids is 1. The molecule has 0 radical (unpaired) electrons. The van der Waals surface area contributed by atoms with Crippen LogP contribution in [0.3, 0.4) is 0 Å². The van der Waals surface area contributed by atoms with Gasteiger partial charge in [0.25, 0.3) is 0 Å². The molecule has 7 nitrogen and oxygen atoms in total. The normalized spacial score (nSPS) is 13.7. The maximum absolute atomic E-state index is 12.7. The first kappa shape index (κ1) is 25.5. The largest absolute Gasteiger partial charge is 0.368 e. The highest BCUT2D eigenvalue weighted by Crippen LogP contribution is 2.27. The van der Waals surface area contributed by atoms with Gasteiger partial charge in [-0.1, -0.05) is 47.5 Å². The van der Waals surface area contributed by atoms with Gasteiger partial charge >= 0.3 is 0 Å². The molecule has 0 unspecified atom stereocenters. The number of amides is 1. The number of carbonyl (C=O) groups is 1. The fraction of sp³-hybridized carbons (Fsp3) is 0.391. The molecule has 0 aromatic heterocycles. The highest BCUT2D eigenvalue weighted by molar-refractivity contribution is 7.89. The van der Waals surface area contributed by atoms with Crippen LogP contribution in [0.2, 0.25) is 10.0 Å². The van der Waals surface area contributed by atoms with Crippen molar-refractivity contribution in [3.8, 4) is 0 Å². The van der Waals surface area contributed by atoms with Crippen LogP contribution < -0.4 is 5.32 Å². The topological polar surface area (TPSA) is 82.1 Å². The third kappa shape index (κ3) is 6.69. The molecule has 0 atom stereocenters. The zero-order chi connectivity index (χ0) is 24.0. The smallest absolute Gasteiger partial charge is 0.244 e. The number of likely N-dealkylation sites (N-methyl/N-ethyl adjacent to an activating group) is 1. The number of sulfonamides is 1. The van der Waals surface area contributed by atoms with E-state index in [4.69, 9.17) is 23.2 Å². The quantitative estimate of drug-likeness (QED) is 0.530. The molecule has 178 valence electrons. The molecule has 3 rings (SSSR count). The number of amidine groups is 1. The zero-order valence-corrected chi connectivity index (χ0v) is 21.1. The van der Waals surface area contributed by atoms with E-state index in [9.17, 15) is 13.2 Å². The lowest BCUT2D eigenvalue weighted by atomic mass is 10.1. The second kappa shape index (κ2) is 11.3. The van der Waals surface area contributed by atoms with Gasteiger partial charge in [0.15, 0.2) is 0 Å². The Morgan fingerprint density at radius 2 is 1.82 bits per heavy atom. The lowest BCUT2D eigenvalue weighted by molar-refractivity contribution is -0.130. The van der Waals surface area contributed by atoms with E-state index >= 15 is 0 Å². The minimum absolute atomic E-state index is 0.00122. The van der Waals surface area contributed by atoms with Crippen LogP contribution in [0.15, 0.2) is 52.4 Å². The van der Waals surface area contributed by atoms with Crippen molar-refractivity contribution in [3.63, 3.8) is 0 Å². The maximum atomic E-state index is 12.7. The Bertz CT molecular complexity index is 1120. The molecule has 1 aliphatic rings. The summed E-state index contributed by atoms with van der Waals surface area (Å²) in [5, 5.41) is 3.69. The Morgan fingerprint density at radius 3 is 2.45 bits per heavy atom. The average molecular weight is 511 g/mol. The van der Waals surface area contributed by atoms with E-state index in [2.05, 4.69) is 22.4 Å². The zero-order valence-electron chi connectivity index (χ0n) is 18.7. The summed E-state index contributed by atoms with van der Waals surface area (Å²) < 4.78 is 26.7. The van der Waals surface area contributed by atoms with Crippen LogP contribution in [0, 0.1) is 0 Å². The van der Waals surface area contributed by atoms with Gasteiger partial charge in [0.05, 0.1) is 11.6 Å². The highest BCUT2D eigenvalue weighted by Gasteiger charge is 2.23. The molecule has 2 aromatic carbocycles. The van der Waals surface area contributed by atoms with E-state index in [1.54, 1.807) is 11.9 Å². The highest BCUT2D eigenvalue weighted by atomic mass is 35.5. The molecule has 1 aliphatic heterocycles. The standard InChI is InChI=1S/C23H28Cl2N4O3S/c1-28(15-11-17-5-7-18(8-6-17)23-26-12-13-27-23)22(30)4-3-14-29(2)33(31,32)21-10-9-19(24)16-20(21)25/h5-10,16H,3-4,11-15H2,1-2H3,(H,26,27). The molecular weight excluding hydrogens is 483 g/mol. The molecule has 10 heteroatoms. The van der Waals surface area contributed by atoms with Crippen molar-refractivity contribution in [1.29, 1.82) is 0 Å². The first-order chi connectivity index (χ1) is 15.7. The third-order valence-corrected chi connectivity index (χ3v) is 8.08. The number of nitrogens with one attached hydrogen (secondary N) is 1. The predicted octanol–water partition coefficient (Wildman–Crippen LogP) is 3.45. The first-order valence-corrected chi connectivity index (χ1v) is 12.9. The number of benzene rings is 2. The number of nitrogens with zero attached hydrogens (tertiary/aromatic N) is 3. The van der Waals surface area contributed by atoms with E-state index in [0.29, 0.717) is 18.0 Å². The van der Waals surface area contributed by atoms with Gasteiger partial charge in [-0.05, 0) is 36.6 Å². The summed E-state index contributed by atoms with van der Waals surface area (Å²) >= 11 is 11.9. The van der Waals surface area contributed by atoms with E-state index in [0.717, 1.165) is 36.5 Å². The van der Waals surface area contributed by atoms with E-state index in [-0.39, 0.29) is 28.8 Å². The number of halogens is 2. The molecule has 0 aliphatic carbocycles. The summed E-state index contributed by atoms with van der Waals surface area (Å²) in [6.07, 6.45) is 1.41. The van der Waals surface area contributed by atoms with E-state index < -0.39 is 10.0 Å². The van der Waals surface area contributed by atoms with Gasteiger partial charge < -0.3 is 10.2 Å². The Morgan fingerprint density at radius 1 is 1.09 bits per heavy atom. The molecule has 1 N–H and O–H groups in total.